The van der Waals surface area contributed by atoms with Gasteiger partial charge in [-0.25, -0.2) is 0 Å². The molecule has 116 valence electrons. The summed E-state index contributed by atoms with van der Waals surface area (Å²) in [5.41, 5.74) is 3.65. The predicted molar refractivity (Wildman–Crippen MR) is 81.5 cm³/mol. The van der Waals surface area contributed by atoms with Crippen LogP contribution in [0.1, 0.15) is 36.2 Å². The normalized spacial score (nSPS) is 18.0. The van der Waals surface area contributed by atoms with Crippen molar-refractivity contribution < 1.29 is 14.3 Å². The molecule has 0 aliphatic carbocycles. The molecule has 1 amide bonds. The molecule has 1 atom stereocenters. The first-order valence-corrected chi connectivity index (χ1v) is 7.50. The van der Waals surface area contributed by atoms with E-state index >= 15 is 0 Å². The molecule has 1 aromatic rings. The number of nitrogens with zero attached hydrogens (tertiary/aromatic N) is 1. The smallest absolute Gasteiger partial charge is 0.226 e. The molecule has 0 bridgehead atoms. The summed E-state index contributed by atoms with van der Waals surface area (Å²) in [6, 6.07) is 1.97. The third-order valence-electron chi connectivity index (χ3n) is 3.59. The Hall–Kier alpha value is -1.46. The molecule has 0 spiro atoms. The lowest BCUT2D eigenvalue weighted by Crippen LogP contribution is -2.19. The van der Waals surface area contributed by atoms with Gasteiger partial charge in [0.05, 0.1) is 37.1 Å². The summed E-state index contributed by atoms with van der Waals surface area (Å²) in [5, 5.41) is 2.92. The van der Waals surface area contributed by atoms with Crippen molar-refractivity contribution in [3.63, 3.8) is 0 Å². The largest absolute Gasteiger partial charge is 0.378 e. The highest BCUT2D eigenvalue weighted by Crippen LogP contribution is 2.19. The summed E-state index contributed by atoms with van der Waals surface area (Å²) < 4.78 is 11.0. The zero-order chi connectivity index (χ0) is 15.2. The van der Waals surface area contributed by atoms with E-state index in [1.54, 1.807) is 0 Å². The second kappa shape index (κ2) is 7.52. The molecule has 1 aliphatic heterocycles. The maximum absolute atomic E-state index is 11.9. The van der Waals surface area contributed by atoms with E-state index in [0.29, 0.717) is 19.6 Å². The maximum atomic E-state index is 11.9. The van der Waals surface area contributed by atoms with Gasteiger partial charge in [-0.15, -0.1) is 0 Å². The molecular weight excluding hydrogens is 268 g/mol. The van der Waals surface area contributed by atoms with E-state index in [-0.39, 0.29) is 12.0 Å². The highest BCUT2D eigenvalue weighted by atomic mass is 16.5. The highest BCUT2D eigenvalue weighted by molar-refractivity contribution is 5.92. The van der Waals surface area contributed by atoms with E-state index in [0.717, 1.165) is 42.1 Å². The maximum Gasteiger partial charge on any atom is 0.226 e. The zero-order valence-electron chi connectivity index (χ0n) is 13.1. The third-order valence-corrected chi connectivity index (χ3v) is 3.59. The number of aryl methyl sites for hydroxylation is 3. The molecule has 0 radical (unpaired) electrons. The fraction of sp³-hybridized carbons (Fsp3) is 0.625. The lowest BCUT2D eigenvalue weighted by Gasteiger charge is -2.13. The van der Waals surface area contributed by atoms with Gasteiger partial charge in [-0.05, 0) is 45.2 Å². The van der Waals surface area contributed by atoms with Crippen LogP contribution in [0, 0.1) is 20.8 Å². The first-order valence-electron chi connectivity index (χ1n) is 7.50. The van der Waals surface area contributed by atoms with Crippen LogP contribution < -0.4 is 5.32 Å². The van der Waals surface area contributed by atoms with Crippen LogP contribution in [0.2, 0.25) is 0 Å². The van der Waals surface area contributed by atoms with Crippen LogP contribution in [0.5, 0.6) is 0 Å². The molecule has 0 saturated carbocycles. The Morgan fingerprint density at radius 3 is 2.95 bits per heavy atom. The van der Waals surface area contributed by atoms with Gasteiger partial charge in [0.15, 0.2) is 0 Å². The van der Waals surface area contributed by atoms with Gasteiger partial charge >= 0.3 is 0 Å². The summed E-state index contributed by atoms with van der Waals surface area (Å²) in [7, 11) is 0. The van der Waals surface area contributed by atoms with Gasteiger partial charge in [0, 0.05) is 12.3 Å². The van der Waals surface area contributed by atoms with Crippen molar-refractivity contribution in [3.8, 4) is 0 Å². The molecule has 2 rings (SSSR count). The summed E-state index contributed by atoms with van der Waals surface area (Å²) in [4.78, 5) is 16.3. The van der Waals surface area contributed by atoms with Crippen LogP contribution in [0.15, 0.2) is 6.07 Å². The highest BCUT2D eigenvalue weighted by Gasteiger charge is 2.15. The van der Waals surface area contributed by atoms with Gasteiger partial charge in [-0.1, -0.05) is 0 Å². The molecule has 1 unspecified atom stereocenters. The number of amides is 1. The number of anilines is 1. The minimum absolute atomic E-state index is 0.0424. The molecule has 0 aromatic carbocycles. The van der Waals surface area contributed by atoms with E-state index in [4.69, 9.17) is 9.47 Å². The molecule has 1 aliphatic rings. The molecule has 1 aromatic heterocycles. The minimum Gasteiger partial charge on any atom is -0.378 e. The van der Waals surface area contributed by atoms with Crippen LogP contribution in [0.3, 0.4) is 0 Å². The van der Waals surface area contributed by atoms with E-state index < -0.39 is 0 Å². The first-order chi connectivity index (χ1) is 10.1. The fourth-order valence-electron chi connectivity index (χ4n) is 2.57. The van der Waals surface area contributed by atoms with Gasteiger partial charge in [0.1, 0.15) is 0 Å². The first kappa shape index (κ1) is 15.9. The number of carbonyl (C=O) groups excluding carboxylic acids is 1. The average molecular weight is 292 g/mol. The number of hydrogen-bond acceptors (Lipinski definition) is 4. The van der Waals surface area contributed by atoms with E-state index in [2.05, 4.69) is 10.3 Å². The number of pyridine rings is 1. The fourth-order valence-corrected chi connectivity index (χ4v) is 2.57. The summed E-state index contributed by atoms with van der Waals surface area (Å²) in [6.07, 6.45) is 2.71. The molecule has 2 heterocycles. The summed E-state index contributed by atoms with van der Waals surface area (Å²) in [5.74, 6) is -0.0424. The Morgan fingerprint density at radius 1 is 1.48 bits per heavy atom. The van der Waals surface area contributed by atoms with Crippen LogP contribution in [-0.4, -0.2) is 36.8 Å². The van der Waals surface area contributed by atoms with Gasteiger partial charge in [0.2, 0.25) is 5.91 Å². The van der Waals surface area contributed by atoms with Crippen LogP contribution in [0.4, 0.5) is 5.69 Å². The van der Waals surface area contributed by atoms with Crippen LogP contribution in [-0.2, 0) is 14.3 Å². The van der Waals surface area contributed by atoms with Crippen molar-refractivity contribution >= 4 is 11.6 Å². The Labute approximate surface area is 126 Å². The van der Waals surface area contributed by atoms with Crippen molar-refractivity contribution in [3.05, 3.63) is 23.0 Å². The molecule has 21 heavy (non-hydrogen) atoms. The van der Waals surface area contributed by atoms with Crippen molar-refractivity contribution in [2.45, 2.75) is 46.1 Å². The molecular formula is C16H24N2O3. The molecule has 1 N–H and O–H groups in total. The Morgan fingerprint density at radius 2 is 2.29 bits per heavy atom. The van der Waals surface area contributed by atoms with E-state index in [1.165, 1.54) is 0 Å². The van der Waals surface area contributed by atoms with E-state index in [1.807, 2.05) is 26.8 Å². The predicted octanol–water partition coefficient (Wildman–Crippen LogP) is 2.53. The monoisotopic (exact) mass is 292 g/mol. The Balaban J connectivity index is 1.74. The topological polar surface area (TPSA) is 60.5 Å². The summed E-state index contributed by atoms with van der Waals surface area (Å²) >= 11 is 0. The van der Waals surface area contributed by atoms with Crippen molar-refractivity contribution in [2.24, 2.45) is 0 Å². The van der Waals surface area contributed by atoms with Crippen molar-refractivity contribution in [1.29, 1.82) is 0 Å². The number of carbonyl (C=O) groups is 1. The molecule has 1 fully saturated rings. The van der Waals surface area contributed by atoms with Crippen LogP contribution in [0.25, 0.3) is 0 Å². The average Bonchev–Trinajstić information content (AvgIpc) is 2.92. The second-order valence-electron chi connectivity index (χ2n) is 5.55. The van der Waals surface area contributed by atoms with Crippen LogP contribution >= 0.6 is 0 Å². The number of nitrogens with one attached hydrogen (secondary N) is 1. The Bertz CT molecular complexity index is 473. The number of ether oxygens (including phenoxy) is 2. The van der Waals surface area contributed by atoms with Gasteiger partial charge < -0.3 is 14.8 Å². The Kier molecular flexibility index (Phi) is 5.70. The molecule has 1 saturated heterocycles. The van der Waals surface area contributed by atoms with Crippen molar-refractivity contribution in [1.82, 2.24) is 4.98 Å². The molecule has 5 heteroatoms. The number of rotatable bonds is 6. The number of hydrogen-bond donors (Lipinski definition) is 1. The molecule has 5 nitrogen and oxygen atoms in total. The van der Waals surface area contributed by atoms with E-state index in [9.17, 15) is 4.79 Å². The third kappa shape index (κ3) is 4.79. The van der Waals surface area contributed by atoms with Gasteiger partial charge in [-0.3, -0.25) is 9.78 Å². The van der Waals surface area contributed by atoms with Crippen molar-refractivity contribution in [2.75, 3.05) is 25.1 Å². The number of aromatic nitrogens is 1. The summed E-state index contributed by atoms with van der Waals surface area (Å²) in [6.45, 7) is 7.66. The quantitative estimate of drug-likeness (QED) is 0.819. The van der Waals surface area contributed by atoms with Gasteiger partial charge in [-0.2, -0.15) is 0 Å². The lowest BCUT2D eigenvalue weighted by atomic mass is 10.1. The zero-order valence-corrected chi connectivity index (χ0v) is 13.1. The SMILES string of the molecule is Cc1cc(C)c(NC(=O)CCOCC2CCCO2)c(C)n1. The van der Waals surface area contributed by atoms with Gasteiger partial charge in [0.25, 0.3) is 0 Å². The second-order valence-corrected chi connectivity index (χ2v) is 5.55. The minimum atomic E-state index is -0.0424. The lowest BCUT2D eigenvalue weighted by molar-refractivity contribution is -0.117. The standard InChI is InChI=1S/C16H24N2O3/c1-11-9-12(2)17-13(3)16(11)18-15(19)6-8-20-10-14-5-4-7-21-14/h9,14H,4-8,10H2,1-3H3,(H,18,19).